The number of carbonyl (C=O) groups is 2. The summed E-state index contributed by atoms with van der Waals surface area (Å²) in [5, 5.41) is 21.5. The van der Waals surface area contributed by atoms with Gasteiger partial charge in [-0.2, -0.15) is 0 Å². The lowest BCUT2D eigenvalue weighted by Crippen LogP contribution is -2.48. The standard InChI is InChI=1S/C29H31N5O4/c1-38-24-11-7-10-22(18-24)34(27(36)19-33-26-13-6-5-12-25(26)31-32-33)28(20-14-16-23(35)17-15-20)29(37)30-21-8-3-2-4-9-21/h5-7,10-18,21,28,35H,2-4,8-9,19H2,1H3,(H,30,37)/t28-/m0/s1. The fraction of sp³-hybridized carbons (Fsp3) is 0.310. The SMILES string of the molecule is COc1cccc(N(C(=O)Cn2nnc3ccccc32)[C@H](C(=O)NC2CCCCC2)c2ccc(O)cc2)c1. The third-order valence-corrected chi connectivity index (χ3v) is 6.97. The van der Waals surface area contributed by atoms with Crippen molar-refractivity contribution in [3.63, 3.8) is 0 Å². The van der Waals surface area contributed by atoms with Crippen LogP contribution in [0.2, 0.25) is 0 Å². The highest BCUT2D eigenvalue weighted by Gasteiger charge is 2.34. The van der Waals surface area contributed by atoms with E-state index < -0.39 is 6.04 Å². The number of aromatic hydroxyl groups is 1. The number of phenolic OH excluding ortho intramolecular Hbond substituents is 1. The van der Waals surface area contributed by atoms with E-state index in [2.05, 4.69) is 15.6 Å². The molecule has 0 spiro atoms. The summed E-state index contributed by atoms with van der Waals surface area (Å²) >= 11 is 0. The maximum absolute atomic E-state index is 14.1. The van der Waals surface area contributed by atoms with Gasteiger partial charge in [0.2, 0.25) is 11.8 Å². The van der Waals surface area contributed by atoms with Crippen molar-refractivity contribution in [3.05, 3.63) is 78.4 Å². The molecule has 3 aromatic carbocycles. The van der Waals surface area contributed by atoms with Crippen LogP contribution in [-0.2, 0) is 16.1 Å². The van der Waals surface area contributed by atoms with Crippen LogP contribution in [-0.4, -0.2) is 45.1 Å². The van der Waals surface area contributed by atoms with Crippen LogP contribution in [0.3, 0.4) is 0 Å². The molecule has 196 valence electrons. The average molecular weight is 514 g/mol. The number of amides is 2. The summed E-state index contributed by atoms with van der Waals surface area (Å²) in [7, 11) is 1.56. The Hall–Kier alpha value is -4.40. The molecular formula is C29H31N5O4. The smallest absolute Gasteiger partial charge is 0.249 e. The average Bonchev–Trinajstić information content (AvgIpc) is 3.35. The predicted molar refractivity (Wildman–Crippen MR) is 144 cm³/mol. The van der Waals surface area contributed by atoms with Gasteiger partial charge >= 0.3 is 0 Å². The van der Waals surface area contributed by atoms with Gasteiger partial charge in [-0.15, -0.1) is 5.10 Å². The van der Waals surface area contributed by atoms with Gasteiger partial charge in [0.25, 0.3) is 0 Å². The number of ether oxygens (including phenoxy) is 1. The number of aromatic nitrogens is 3. The summed E-state index contributed by atoms with van der Waals surface area (Å²) in [5.41, 5.74) is 2.49. The molecule has 1 heterocycles. The molecule has 1 aliphatic rings. The minimum Gasteiger partial charge on any atom is -0.508 e. The Morgan fingerprint density at radius 2 is 1.82 bits per heavy atom. The van der Waals surface area contributed by atoms with Gasteiger partial charge in [0.05, 0.1) is 12.6 Å². The third-order valence-electron chi connectivity index (χ3n) is 6.97. The minimum atomic E-state index is -0.980. The zero-order chi connectivity index (χ0) is 26.5. The van der Waals surface area contributed by atoms with E-state index in [1.54, 1.807) is 43.5 Å². The van der Waals surface area contributed by atoms with Crippen LogP contribution in [0.5, 0.6) is 11.5 Å². The van der Waals surface area contributed by atoms with Gasteiger partial charge in [0.15, 0.2) is 0 Å². The molecular weight excluding hydrogens is 482 g/mol. The Bertz CT molecular complexity index is 1410. The van der Waals surface area contributed by atoms with Crippen molar-refractivity contribution in [1.82, 2.24) is 20.3 Å². The van der Waals surface area contributed by atoms with Crippen LogP contribution in [0, 0.1) is 0 Å². The highest BCUT2D eigenvalue weighted by molar-refractivity contribution is 6.01. The van der Waals surface area contributed by atoms with E-state index in [0.717, 1.165) is 37.6 Å². The normalized spacial score (nSPS) is 14.7. The molecule has 4 aromatic rings. The molecule has 0 radical (unpaired) electrons. The van der Waals surface area contributed by atoms with Gasteiger partial charge in [0.1, 0.15) is 29.6 Å². The number of hydrogen-bond acceptors (Lipinski definition) is 6. The third kappa shape index (κ3) is 5.46. The molecule has 1 aromatic heterocycles. The first-order valence-electron chi connectivity index (χ1n) is 12.9. The Balaban J connectivity index is 1.57. The number of phenols is 1. The fourth-order valence-electron chi connectivity index (χ4n) is 5.04. The Morgan fingerprint density at radius 1 is 1.05 bits per heavy atom. The van der Waals surface area contributed by atoms with E-state index in [1.807, 2.05) is 24.3 Å². The quantitative estimate of drug-likeness (QED) is 0.362. The maximum atomic E-state index is 14.1. The molecule has 0 saturated heterocycles. The van der Waals surface area contributed by atoms with E-state index in [1.165, 1.54) is 21.7 Å². The summed E-state index contributed by atoms with van der Waals surface area (Å²) in [6, 6.07) is 20.0. The first kappa shape index (κ1) is 25.3. The highest BCUT2D eigenvalue weighted by Crippen LogP contribution is 2.32. The lowest BCUT2D eigenvalue weighted by molar-refractivity contribution is -0.127. The zero-order valence-electron chi connectivity index (χ0n) is 21.3. The largest absolute Gasteiger partial charge is 0.508 e. The second kappa shape index (κ2) is 11.3. The number of para-hydroxylation sites is 1. The fourth-order valence-corrected chi connectivity index (χ4v) is 5.04. The van der Waals surface area contributed by atoms with Crippen LogP contribution in [0.1, 0.15) is 43.7 Å². The number of nitrogens with one attached hydrogen (secondary N) is 1. The van der Waals surface area contributed by atoms with Gasteiger partial charge in [-0.05, 0) is 54.8 Å². The van der Waals surface area contributed by atoms with Crippen LogP contribution < -0.4 is 15.0 Å². The van der Waals surface area contributed by atoms with Crippen molar-refractivity contribution in [1.29, 1.82) is 0 Å². The van der Waals surface area contributed by atoms with Crippen LogP contribution in [0.25, 0.3) is 11.0 Å². The van der Waals surface area contributed by atoms with E-state index >= 15 is 0 Å². The molecule has 2 N–H and O–H groups in total. The minimum absolute atomic E-state index is 0.0531. The van der Waals surface area contributed by atoms with Crippen molar-refractivity contribution in [3.8, 4) is 11.5 Å². The number of hydrogen-bond donors (Lipinski definition) is 2. The Morgan fingerprint density at radius 3 is 2.58 bits per heavy atom. The molecule has 9 nitrogen and oxygen atoms in total. The van der Waals surface area contributed by atoms with E-state index in [-0.39, 0.29) is 30.2 Å². The number of nitrogens with zero attached hydrogens (tertiary/aromatic N) is 4. The number of rotatable bonds is 8. The molecule has 1 aliphatic carbocycles. The van der Waals surface area contributed by atoms with Crippen LogP contribution in [0.15, 0.2) is 72.8 Å². The van der Waals surface area contributed by atoms with Crippen molar-refractivity contribution in [2.75, 3.05) is 12.0 Å². The van der Waals surface area contributed by atoms with E-state index in [0.29, 0.717) is 22.5 Å². The highest BCUT2D eigenvalue weighted by atomic mass is 16.5. The van der Waals surface area contributed by atoms with Crippen molar-refractivity contribution in [2.45, 2.75) is 50.7 Å². The van der Waals surface area contributed by atoms with Crippen molar-refractivity contribution >= 4 is 28.5 Å². The molecule has 38 heavy (non-hydrogen) atoms. The second-order valence-electron chi connectivity index (χ2n) is 9.54. The molecule has 1 fully saturated rings. The van der Waals surface area contributed by atoms with Crippen molar-refractivity contribution < 1.29 is 19.4 Å². The maximum Gasteiger partial charge on any atom is 0.249 e. The second-order valence-corrected chi connectivity index (χ2v) is 9.54. The number of methoxy groups -OCH3 is 1. The summed E-state index contributed by atoms with van der Waals surface area (Å²) in [4.78, 5) is 29.5. The van der Waals surface area contributed by atoms with Gasteiger partial charge in [0, 0.05) is 17.8 Å². The molecule has 1 saturated carbocycles. The van der Waals surface area contributed by atoms with Crippen LogP contribution in [0.4, 0.5) is 5.69 Å². The monoisotopic (exact) mass is 513 g/mol. The van der Waals surface area contributed by atoms with E-state index in [9.17, 15) is 14.7 Å². The molecule has 2 amide bonds. The number of carbonyl (C=O) groups excluding carboxylic acids is 2. The predicted octanol–water partition coefficient (Wildman–Crippen LogP) is 4.37. The van der Waals surface area contributed by atoms with Gasteiger partial charge in [-0.25, -0.2) is 4.68 Å². The summed E-state index contributed by atoms with van der Waals surface area (Å²) in [6.07, 6.45) is 5.10. The summed E-state index contributed by atoms with van der Waals surface area (Å²) in [5.74, 6) is 0.0187. The summed E-state index contributed by atoms with van der Waals surface area (Å²) < 4.78 is 6.97. The molecule has 5 rings (SSSR count). The molecule has 0 aliphatic heterocycles. The number of fused-ring (bicyclic) bond motifs is 1. The van der Waals surface area contributed by atoms with Crippen LogP contribution >= 0.6 is 0 Å². The Kier molecular flexibility index (Phi) is 7.53. The van der Waals surface area contributed by atoms with Crippen molar-refractivity contribution in [2.24, 2.45) is 0 Å². The van der Waals surface area contributed by atoms with Gasteiger partial charge in [-0.3, -0.25) is 14.5 Å². The molecule has 0 unspecified atom stereocenters. The van der Waals surface area contributed by atoms with E-state index in [4.69, 9.17) is 4.74 Å². The summed E-state index contributed by atoms with van der Waals surface area (Å²) in [6.45, 7) is -0.122. The van der Waals surface area contributed by atoms with Gasteiger partial charge in [-0.1, -0.05) is 54.8 Å². The molecule has 1 atom stereocenters. The molecule has 0 bridgehead atoms. The topological polar surface area (TPSA) is 110 Å². The lowest BCUT2D eigenvalue weighted by Gasteiger charge is -2.33. The molecule has 9 heteroatoms. The Labute approximate surface area is 221 Å². The first-order valence-corrected chi connectivity index (χ1v) is 12.9. The number of benzene rings is 3. The van der Waals surface area contributed by atoms with Gasteiger partial charge < -0.3 is 15.2 Å². The zero-order valence-corrected chi connectivity index (χ0v) is 21.3. The first-order chi connectivity index (χ1) is 18.5. The number of anilines is 1. The lowest BCUT2D eigenvalue weighted by atomic mass is 9.94.